The molecule has 0 aliphatic carbocycles. The summed E-state index contributed by atoms with van der Waals surface area (Å²) in [6.45, 7) is 1.81. The van der Waals surface area contributed by atoms with E-state index in [1.807, 2.05) is 30.3 Å². The van der Waals surface area contributed by atoms with Crippen LogP contribution in [0.5, 0.6) is 0 Å². The van der Waals surface area contributed by atoms with Gasteiger partial charge in [-0.2, -0.15) is 0 Å². The quantitative estimate of drug-likeness (QED) is 0.254. The van der Waals surface area contributed by atoms with Crippen molar-refractivity contribution in [2.75, 3.05) is 40.3 Å². The van der Waals surface area contributed by atoms with Crippen molar-refractivity contribution in [3.8, 4) is 0 Å². The first-order valence-electron chi connectivity index (χ1n) is 11.9. The molecule has 1 aromatic rings. The van der Waals surface area contributed by atoms with Gasteiger partial charge in [0.2, 0.25) is 5.91 Å². The van der Waals surface area contributed by atoms with Gasteiger partial charge in [-0.15, -0.1) is 0 Å². The lowest BCUT2D eigenvalue weighted by molar-refractivity contribution is -0.139. The zero-order valence-corrected chi connectivity index (χ0v) is 20.5. The fraction of sp³-hybridized carbons (Fsp3) is 0.583. The third kappa shape index (κ3) is 10.6. The highest BCUT2D eigenvalue weighted by Gasteiger charge is 2.30. The highest BCUT2D eigenvalue weighted by molar-refractivity contribution is 5.85. The number of methoxy groups -OCH3 is 1. The number of benzene rings is 1. The Bertz CT molecular complexity index is 814. The molecule has 4 N–H and O–H groups in total. The van der Waals surface area contributed by atoms with E-state index in [9.17, 15) is 19.2 Å². The van der Waals surface area contributed by atoms with E-state index in [1.165, 1.54) is 7.11 Å². The Kier molecular flexibility index (Phi) is 12.4. The molecule has 1 atom stereocenters. The third-order valence-corrected chi connectivity index (χ3v) is 5.77. The molecular formula is C24H37N5O6. The highest BCUT2D eigenvalue weighted by Crippen LogP contribution is 2.14. The molecule has 194 valence electrons. The molecule has 0 saturated carbocycles. The predicted molar refractivity (Wildman–Crippen MR) is 129 cm³/mol. The van der Waals surface area contributed by atoms with E-state index >= 15 is 0 Å². The third-order valence-electron chi connectivity index (χ3n) is 5.77. The first-order chi connectivity index (χ1) is 16.9. The van der Waals surface area contributed by atoms with Crippen LogP contribution >= 0.6 is 0 Å². The van der Waals surface area contributed by atoms with Crippen LogP contribution < -0.4 is 21.3 Å². The van der Waals surface area contributed by atoms with Crippen molar-refractivity contribution < 1.29 is 28.7 Å². The molecular weight excluding hydrogens is 454 g/mol. The Morgan fingerprint density at radius 2 is 1.80 bits per heavy atom. The fourth-order valence-electron chi connectivity index (χ4n) is 3.75. The molecule has 0 aromatic heterocycles. The van der Waals surface area contributed by atoms with Crippen molar-refractivity contribution in [1.29, 1.82) is 0 Å². The number of nitrogens with zero attached hydrogens (tertiary/aromatic N) is 1. The van der Waals surface area contributed by atoms with Crippen LogP contribution in [-0.2, 0) is 25.7 Å². The second kappa shape index (κ2) is 15.5. The zero-order valence-electron chi connectivity index (χ0n) is 20.5. The number of hydrogen-bond donors (Lipinski definition) is 4. The van der Waals surface area contributed by atoms with Crippen molar-refractivity contribution in [1.82, 2.24) is 26.2 Å². The number of likely N-dealkylation sites (tertiary alicyclic amines) is 1. The van der Waals surface area contributed by atoms with Crippen molar-refractivity contribution in [2.45, 2.75) is 50.8 Å². The van der Waals surface area contributed by atoms with Crippen LogP contribution in [0.1, 0.15) is 37.7 Å². The Morgan fingerprint density at radius 3 is 2.46 bits per heavy atom. The number of amides is 4. The molecule has 11 nitrogen and oxygen atoms in total. The summed E-state index contributed by atoms with van der Waals surface area (Å²) in [6.07, 6.45) is 2.46. The standard InChI is InChI=1S/C24H37N5O6/c1-25-23(32)27-19-11-14-29(15-12-19)22(31)20(10-6-7-13-26-16-21(30)34-2)28-24(33)35-17-18-8-4-3-5-9-18/h3-5,8-9,19-20,26H,6-7,10-17H2,1-2H3,(H,28,33)(H2,25,27,32)/t20-/m1/s1. The monoisotopic (exact) mass is 491 g/mol. The van der Waals surface area contributed by atoms with Crippen LogP contribution in [0.15, 0.2) is 30.3 Å². The minimum atomic E-state index is -0.720. The van der Waals surface area contributed by atoms with Crippen molar-refractivity contribution in [2.24, 2.45) is 0 Å². The summed E-state index contributed by atoms with van der Waals surface area (Å²) < 4.78 is 9.90. The average molecular weight is 492 g/mol. The van der Waals surface area contributed by atoms with E-state index in [2.05, 4.69) is 26.0 Å². The Morgan fingerprint density at radius 1 is 1.09 bits per heavy atom. The minimum Gasteiger partial charge on any atom is -0.468 e. The molecule has 1 fully saturated rings. The van der Waals surface area contributed by atoms with Gasteiger partial charge in [0.05, 0.1) is 13.7 Å². The summed E-state index contributed by atoms with van der Waals surface area (Å²) in [5.41, 5.74) is 0.855. The van der Waals surface area contributed by atoms with Crippen molar-refractivity contribution in [3.05, 3.63) is 35.9 Å². The van der Waals surface area contributed by atoms with Crippen LogP contribution in [0.3, 0.4) is 0 Å². The summed E-state index contributed by atoms with van der Waals surface area (Å²) in [5, 5.41) is 11.1. The van der Waals surface area contributed by atoms with Crippen LogP contribution in [0.25, 0.3) is 0 Å². The molecule has 0 radical (unpaired) electrons. The van der Waals surface area contributed by atoms with Gasteiger partial charge in [-0.05, 0) is 44.2 Å². The normalized spacial score (nSPS) is 14.5. The molecule has 1 aromatic carbocycles. The lowest BCUT2D eigenvalue weighted by atomic mass is 10.0. The maximum atomic E-state index is 13.2. The lowest BCUT2D eigenvalue weighted by Crippen LogP contribution is -2.53. The van der Waals surface area contributed by atoms with Gasteiger partial charge >= 0.3 is 18.1 Å². The van der Waals surface area contributed by atoms with Gasteiger partial charge in [0.25, 0.3) is 0 Å². The smallest absolute Gasteiger partial charge is 0.408 e. The number of alkyl carbamates (subject to hydrolysis) is 1. The van der Waals surface area contributed by atoms with E-state index < -0.39 is 12.1 Å². The molecule has 1 aliphatic heterocycles. The minimum absolute atomic E-state index is 0.00197. The zero-order chi connectivity index (χ0) is 25.5. The van der Waals surface area contributed by atoms with Gasteiger partial charge in [-0.25, -0.2) is 9.59 Å². The van der Waals surface area contributed by atoms with Crippen LogP contribution in [0, 0.1) is 0 Å². The number of piperidine rings is 1. The topological polar surface area (TPSA) is 138 Å². The number of ether oxygens (including phenoxy) is 2. The summed E-state index contributed by atoms with van der Waals surface area (Å²) >= 11 is 0. The Balaban J connectivity index is 1.86. The number of nitrogens with one attached hydrogen (secondary N) is 4. The van der Waals surface area contributed by atoms with Gasteiger partial charge in [-0.3, -0.25) is 9.59 Å². The average Bonchev–Trinajstić information content (AvgIpc) is 2.89. The predicted octanol–water partition coefficient (Wildman–Crippen LogP) is 1.13. The van der Waals surface area contributed by atoms with Gasteiger partial charge < -0.3 is 35.6 Å². The molecule has 35 heavy (non-hydrogen) atoms. The molecule has 1 saturated heterocycles. The van der Waals surface area contributed by atoms with Crippen LogP contribution in [-0.4, -0.2) is 81.3 Å². The van der Waals surface area contributed by atoms with E-state index in [4.69, 9.17) is 4.74 Å². The van der Waals surface area contributed by atoms with Crippen LogP contribution in [0.2, 0.25) is 0 Å². The first kappa shape index (κ1) is 27.9. The number of urea groups is 1. The van der Waals surface area contributed by atoms with E-state index in [1.54, 1.807) is 11.9 Å². The van der Waals surface area contributed by atoms with Gasteiger partial charge in [0, 0.05) is 26.2 Å². The molecule has 1 aliphatic rings. The van der Waals surface area contributed by atoms with E-state index in [0.29, 0.717) is 45.3 Å². The summed E-state index contributed by atoms with van der Waals surface area (Å²) in [4.78, 5) is 50.1. The maximum Gasteiger partial charge on any atom is 0.408 e. The number of hydrogen-bond acceptors (Lipinski definition) is 7. The van der Waals surface area contributed by atoms with Crippen molar-refractivity contribution in [3.63, 3.8) is 0 Å². The Labute approximate surface area is 206 Å². The molecule has 2 rings (SSSR count). The largest absolute Gasteiger partial charge is 0.468 e. The second-order valence-electron chi connectivity index (χ2n) is 8.33. The second-order valence-corrected chi connectivity index (χ2v) is 8.33. The van der Waals surface area contributed by atoms with E-state index in [0.717, 1.165) is 12.0 Å². The summed E-state index contributed by atoms with van der Waals surface area (Å²) in [5.74, 6) is -0.502. The number of unbranched alkanes of at least 4 members (excludes halogenated alkanes) is 1. The number of carbonyl (C=O) groups excluding carboxylic acids is 4. The van der Waals surface area contributed by atoms with Gasteiger partial charge in [-0.1, -0.05) is 30.3 Å². The highest BCUT2D eigenvalue weighted by atomic mass is 16.5. The SMILES string of the molecule is CNC(=O)NC1CCN(C(=O)[C@@H](CCCCNCC(=O)OC)NC(=O)OCc2ccccc2)CC1. The first-order valence-corrected chi connectivity index (χ1v) is 11.9. The Hall–Kier alpha value is -3.34. The van der Waals surface area contributed by atoms with Gasteiger partial charge in [0.15, 0.2) is 0 Å². The number of rotatable bonds is 12. The molecule has 11 heteroatoms. The van der Waals surface area contributed by atoms with Gasteiger partial charge in [0.1, 0.15) is 12.6 Å². The fourth-order valence-corrected chi connectivity index (χ4v) is 3.75. The molecule has 0 bridgehead atoms. The summed E-state index contributed by atoms with van der Waals surface area (Å²) in [6, 6.07) is 8.36. The van der Waals surface area contributed by atoms with Crippen LogP contribution in [0.4, 0.5) is 9.59 Å². The molecule has 0 unspecified atom stereocenters. The van der Waals surface area contributed by atoms with Crippen molar-refractivity contribution >= 4 is 24.0 Å². The number of esters is 1. The van der Waals surface area contributed by atoms with E-state index in [-0.39, 0.29) is 37.1 Å². The molecule has 0 spiro atoms. The summed E-state index contributed by atoms with van der Waals surface area (Å²) in [7, 11) is 2.90. The maximum absolute atomic E-state index is 13.2. The lowest BCUT2D eigenvalue weighted by Gasteiger charge is -2.34. The molecule has 1 heterocycles. The molecule has 4 amide bonds. The number of carbonyl (C=O) groups is 4.